The van der Waals surface area contributed by atoms with E-state index in [1.165, 1.54) is 42.3 Å². The Morgan fingerprint density at radius 2 is 1.53 bits per heavy atom. The highest BCUT2D eigenvalue weighted by Crippen LogP contribution is 2.34. The van der Waals surface area contributed by atoms with Gasteiger partial charge in [0.25, 0.3) is 10.0 Å². The van der Waals surface area contributed by atoms with Crippen molar-refractivity contribution < 1.29 is 31.9 Å². The summed E-state index contributed by atoms with van der Waals surface area (Å²) >= 11 is 0. The summed E-state index contributed by atoms with van der Waals surface area (Å²) in [4.78, 5) is 29.0. The number of rotatable bonds is 11. The van der Waals surface area contributed by atoms with Gasteiger partial charge in [-0.3, -0.25) is 13.9 Å². The summed E-state index contributed by atoms with van der Waals surface area (Å²) in [6.45, 7) is 1.93. The predicted molar refractivity (Wildman–Crippen MR) is 168 cm³/mol. The predicted octanol–water partition coefficient (Wildman–Crippen LogP) is 4.49. The number of benzene rings is 4. The van der Waals surface area contributed by atoms with E-state index >= 15 is 0 Å². The van der Waals surface area contributed by atoms with Gasteiger partial charge >= 0.3 is 0 Å². The van der Waals surface area contributed by atoms with E-state index in [-0.39, 0.29) is 35.9 Å². The maximum atomic E-state index is 14.3. The molecule has 1 atom stereocenters. The van der Waals surface area contributed by atoms with E-state index in [4.69, 9.17) is 9.47 Å². The number of nitrogens with zero attached hydrogens (tertiary/aromatic N) is 2. The Labute approximate surface area is 262 Å². The van der Waals surface area contributed by atoms with Gasteiger partial charge in [-0.2, -0.15) is 0 Å². The molecule has 1 aliphatic heterocycles. The van der Waals surface area contributed by atoms with Crippen LogP contribution in [0.1, 0.15) is 16.7 Å². The Balaban J connectivity index is 1.55. The second-order valence-electron chi connectivity index (χ2n) is 10.6. The van der Waals surface area contributed by atoms with Crippen molar-refractivity contribution in [1.29, 1.82) is 0 Å². The zero-order chi connectivity index (χ0) is 32.0. The van der Waals surface area contributed by atoms with E-state index < -0.39 is 40.2 Å². The minimum Gasteiger partial charge on any atom is -0.486 e. The average Bonchev–Trinajstić information content (AvgIpc) is 3.06. The summed E-state index contributed by atoms with van der Waals surface area (Å²) < 4.78 is 54.4. The van der Waals surface area contributed by atoms with Gasteiger partial charge in [-0.15, -0.1) is 0 Å². The van der Waals surface area contributed by atoms with E-state index in [1.54, 1.807) is 0 Å². The number of aryl methyl sites for hydroxylation is 1. The monoisotopic (exact) mass is 631 g/mol. The van der Waals surface area contributed by atoms with Crippen LogP contribution in [0, 0.1) is 12.7 Å². The average molecular weight is 632 g/mol. The van der Waals surface area contributed by atoms with E-state index in [1.807, 2.05) is 61.5 Å². The lowest BCUT2D eigenvalue weighted by molar-refractivity contribution is -0.139. The zero-order valence-corrected chi connectivity index (χ0v) is 25.8. The summed E-state index contributed by atoms with van der Waals surface area (Å²) in [5.41, 5.74) is 2.69. The number of hydrogen-bond acceptors (Lipinski definition) is 6. The summed E-state index contributed by atoms with van der Waals surface area (Å²) in [6, 6.07) is 24.9. The quantitative estimate of drug-likeness (QED) is 0.262. The van der Waals surface area contributed by atoms with Crippen LogP contribution >= 0.6 is 0 Å². The molecule has 0 saturated carbocycles. The van der Waals surface area contributed by atoms with E-state index in [2.05, 4.69) is 5.32 Å². The van der Waals surface area contributed by atoms with Gasteiger partial charge < -0.3 is 19.7 Å². The van der Waals surface area contributed by atoms with E-state index in [0.717, 1.165) is 33.1 Å². The van der Waals surface area contributed by atoms with Gasteiger partial charge in [0.1, 0.15) is 31.6 Å². The third kappa shape index (κ3) is 7.43. The fourth-order valence-electron chi connectivity index (χ4n) is 5.06. The smallest absolute Gasteiger partial charge is 0.264 e. The van der Waals surface area contributed by atoms with Crippen molar-refractivity contribution in [2.75, 3.05) is 31.1 Å². The van der Waals surface area contributed by atoms with Gasteiger partial charge in [0.05, 0.1) is 10.6 Å². The first-order valence-electron chi connectivity index (χ1n) is 14.4. The molecule has 1 heterocycles. The standard InChI is InChI=1S/C34H34FN3O6S/c1-24-8-10-26(11-9-24)22-37(30(34(40)36-2)20-25-6-4-3-5-7-25)33(39)23-38(28-14-12-27(35)13-15-28)45(41,42)29-16-17-31-32(21-29)44-19-18-43-31/h3-17,21,30H,18-20,22-23H2,1-2H3,(H,36,40). The van der Waals surface area contributed by atoms with Crippen LogP contribution in [0.3, 0.4) is 0 Å². The van der Waals surface area contributed by atoms with Gasteiger partial charge in [-0.1, -0.05) is 60.2 Å². The van der Waals surface area contributed by atoms with Crippen LogP contribution in [0.2, 0.25) is 0 Å². The van der Waals surface area contributed by atoms with Crippen molar-refractivity contribution in [2.24, 2.45) is 0 Å². The lowest BCUT2D eigenvalue weighted by Gasteiger charge is -2.33. The minimum atomic E-state index is -4.39. The van der Waals surface area contributed by atoms with Gasteiger partial charge in [0.2, 0.25) is 11.8 Å². The highest BCUT2D eigenvalue weighted by Gasteiger charge is 2.35. The Morgan fingerprint density at radius 1 is 0.867 bits per heavy atom. The van der Waals surface area contributed by atoms with Crippen LogP contribution in [-0.4, -0.2) is 58.0 Å². The molecule has 0 fully saturated rings. The number of ether oxygens (including phenoxy) is 2. The molecule has 0 radical (unpaired) electrons. The number of halogens is 1. The molecule has 9 nitrogen and oxygen atoms in total. The van der Waals surface area contributed by atoms with Crippen molar-refractivity contribution in [3.63, 3.8) is 0 Å². The number of carbonyl (C=O) groups excluding carboxylic acids is 2. The Kier molecular flexibility index (Phi) is 9.68. The molecule has 4 aromatic rings. The van der Waals surface area contributed by atoms with Crippen molar-refractivity contribution in [3.05, 3.63) is 120 Å². The zero-order valence-electron chi connectivity index (χ0n) is 25.0. The van der Waals surface area contributed by atoms with Gasteiger partial charge in [-0.05, 0) is 54.4 Å². The first kappa shape index (κ1) is 31.5. The minimum absolute atomic E-state index is 0.0470. The third-order valence-electron chi connectivity index (χ3n) is 7.49. The maximum Gasteiger partial charge on any atom is 0.264 e. The fraction of sp³-hybridized carbons (Fsp3) is 0.235. The van der Waals surface area contributed by atoms with Crippen molar-refractivity contribution in [2.45, 2.75) is 30.8 Å². The number of sulfonamides is 1. The summed E-state index contributed by atoms with van der Waals surface area (Å²) in [7, 11) is -2.90. The molecular weight excluding hydrogens is 597 g/mol. The number of fused-ring (bicyclic) bond motifs is 1. The number of hydrogen-bond donors (Lipinski definition) is 1. The third-order valence-corrected chi connectivity index (χ3v) is 9.26. The molecule has 11 heteroatoms. The number of anilines is 1. The SMILES string of the molecule is CNC(=O)C(Cc1ccccc1)N(Cc1ccc(C)cc1)C(=O)CN(c1ccc(F)cc1)S(=O)(=O)c1ccc2c(c1)OCCO2. The number of nitrogens with one attached hydrogen (secondary N) is 1. The lowest BCUT2D eigenvalue weighted by Crippen LogP contribution is -2.53. The highest BCUT2D eigenvalue weighted by molar-refractivity contribution is 7.92. The molecule has 4 aromatic carbocycles. The van der Waals surface area contributed by atoms with Crippen LogP contribution < -0.4 is 19.1 Å². The van der Waals surface area contributed by atoms with Crippen LogP contribution in [0.15, 0.2) is 102 Å². The Bertz CT molecular complexity index is 1750. The molecule has 2 amide bonds. The molecule has 234 valence electrons. The summed E-state index contributed by atoms with van der Waals surface area (Å²) in [5, 5.41) is 2.66. The van der Waals surface area contributed by atoms with Gasteiger partial charge in [0, 0.05) is 26.1 Å². The topological polar surface area (TPSA) is 105 Å². The van der Waals surface area contributed by atoms with Gasteiger partial charge in [-0.25, -0.2) is 12.8 Å². The number of carbonyl (C=O) groups is 2. The van der Waals surface area contributed by atoms with Crippen molar-refractivity contribution in [3.8, 4) is 11.5 Å². The van der Waals surface area contributed by atoms with Crippen LogP contribution in [0.4, 0.5) is 10.1 Å². The van der Waals surface area contributed by atoms with Crippen molar-refractivity contribution in [1.82, 2.24) is 10.2 Å². The molecule has 0 aliphatic carbocycles. The second-order valence-corrected chi connectivity index (χ2v) is 12.5. The Morgan fingerprint density at radius 3 is 2.20 bits per heavy atom. The lowest BCUT2D eigenvalue weighted by atomic mass is 10.0. The molecule has 45 heavy (non-hydrogen) atoms. The first-order chi connectivity index (χ1) is 21.7. The molecule has 0 spiro atoms. The van der Waals surface area contributed by atoms with Crippen LogP contribution in [0.5, 0.6) is 11.5 Å². The van der Waals surface area contributed by atoms with Crippen LogP contribution in [-0.2, 0) is 32.6 Å². The molecular formula is C34H34FN3O6S. The normalized spacial score (nSPS) is 13.0. The number of amides is 2. The van der Waals surface area contributed by atoms with Crippen LogP contribution in [0.25, 0.3) is 0 Å². The molecule has 5 rings (SSSR count). The molecule has 0 aromatic heterocycles. The molecule has 0 saturated heterocycles. The Hall–Kier alpha value is -4.90. The largest absolute Gasteiger partial charge is 0.486 e. The molecule has 1 aliphatic rings. The molecule has 1 unspecified atom stereocenters. The van der Waals surface area contributed by atoms with Crippen molar-refractivity contribution >= 4 is 27.5 Å². The fourth-order valence-corrected chi connectivity index (χ4v) is 6.49. The molecule has 1 N–H and O–H groups in total. The van der Waals surface area contributed by atoms with E-state index in [9.17, 15) is 22.4 Å². The molecule has 0 bridgehead atoms. The summed E-state index contributed by atoms with van der Waals surface area (Å²) in [5.74, 6) is -0.919. The number of likely N-dealkylation sites (N-methyl/N-ethyl adjacent to an activating group) is 1. The van der Waals surface area contributed by atoms with E-state index in [0.29, 0.717) is 12.4 Å². The second kappa shape index (κ2) is 13.8. The highest BCUT2D eigenvalue weighted by atomic mass is 32.2. The maximum absolute atomic E-state index is 14.3. The van der Waals surface area contributed by atoms with Gasteiger partial charge in [0.15, 0.2) is 11.5 Å². The first-order valence-corrected chi connectivity index (χ1v) is 15.9. The summed E-state index contributed by atoms with van der Waals surface area (Å²) in [6.07, 6.45) is 0.198.